The Hall–Kier alpha value is -2.01. The number of aryl methyl sites for hydroxylation is 1. The van der Waals surface area contributed by atoms with Gasteiger partial charge in [-0.25, -0.2) is 0 Å². The van der Waals surface area contributed by atoms with E-state index in [1.165, 1.54) is 0 Å². The summed E-state index contributed by atoms with van der Waals surface area (Å²) < 4.78 is 16.6. The highest BCUT2D eigenvalue weighted by Crippen LogP contribution is 2.30. The van der Waals surface area contributed by atoms with Crippen LogP contribution in [0.25, 0.3) is 11.0 Å². The van der Waals surface area contributed by atoms with Crippen molar-refractivity contribution in [1.82, 2.24) is 4.90 Å². The molecule has 0 radical (unpaired) electrons. The molecule has 1 fully saturated rings. The summed E-state index contributed by atoms with van der Waals surface area (Å²) >= 11 is 0. The third-order valence-corrected chi connectivity index (χ3v) is 4.21. The molecular formula is C17H21NO4. The van der Waals surface area contributed by atoms with Crippen LogP contribution < -0.4 is 4.74 Å². The van der Waals surface area contributed by atoms with Gasteiger partial charge in [-0.2, -0.15) is 0 Å². The third kappa shape index (κ3) is 2.46. The second-order valence-electron chi connectivity index (χ2n) is 5.87. The summed E-state index contributed by atoms with van der Waals surface area (Å²) in [5.41, 5.74) is 1.56. The SMILES string of the molecule is COc1ccc2oc(C(=O)N3CC(C)OCC3C)c(C)c2c1. The van der Waals surface area contributed by atoms with Crippen LogP contribution in [0.15, 0.2) is 22.6 Å². The van der Waals surface area contributed by atoms with Crippen LogP contribution in [0.1, 0.15) is 30.0 Å². The highest BCUT2D eigenvalue weighted by molar-refractivity contribution is 5.99. The molecule has 1 aliphatic rings. The number of furan rings is 1. The van der Waals surface area contributed by atoms with Crippen molar-refractivity contribution in [3.05, 3.63) is 29.5 Å². The lowest BCUT2D eigenvalue weighted by Crippen LogP contribution is -2.50. The monoisotopic (exact) mass is 303 g/mol. The molecule has 2 atom stereocenters. The Morgan fingerprint density at radius 1 is 1.36 bits per heavy atom. The minimum Gasteiger partial charge on any atom is -0.497 e. The van der Waals surface area contributed by atoms with Gasteiger partial charge in [-0.3, -0.25) is 4.79 Å². The molecule has 5 nitrogen and oxygen atoms in total. The maximum atomic E-state index is 12.8. The average molecular weight is 303 g/mol. The van der Waals surface area contributed by atoms with Crippen molar-refractivity contribution in [3.63, 3.8) is 0 Å². The minimum atomic E-state index is -0.0738. The molecule has 2 aromatic rings. The van der Waals surface area contributed by atoms with Gasteiger partial charge in [0.2, 0.25) is 0 Å². The molecule has 0 N–H and O–H groups in total. The van der Waals surface area contributed by atoms with Crippen LogP contribution in [-0.2, 0) is 4.74 Å². The third-order valence-electron chi connectivity index (χ3n) is 4.21. The smallest absolute Gasteiger partial charge is 0.290 e. The number of hydrogen-bond donors (Lipinski definition) is 0. The lowest BCUT2D eigenvalue weighted by molar-refractivity contribution is -0.0396. The lowest BCUT2D eigenvalue weighted by Gasteiger charge is -2.36. The van der Waals surface area contributed by atoms with Crippen LogP contribution in [-0.4, -0.2) is 43.2 Å². The molecule has 0 aliphatic carbocycles. The molecule has 1 amide bonds. The lowest BCUT2D eigenvalue weighted by atomic mass is 10.1. The number of amides is 1. The number of carbonyl (C=O) groups excluding carboxylic acids is 1. The quantitative estimate of drug-likeness (QED) is 0.856. The van der Waals surface area contributed by atoms with Gasteiger partial charge in [-0.15, -0.1) is 0 Å². The number of fused-ring (bicyclic) bond motifs is 1. The Morgan fingerprint density at radius 3 is 2.86 bits per heavy atom. The van der Waals surface area contributed by atoms with Crippen molar-refractivity contribution in [2.75, 3.05) is 20.3 Å². The fraction of sp³-hybridized carbons (Fsp3) is 0.471. The topological polar surface area (TPSA) is 51.9 Å². The Labute approximate surface area is 129 Å². The summed E-state index contributed by atoms with van der Waals surface area (Å²) in [7, 11) is 1.62. The van der Waals surface area contributed by atoms with Gasteiger partial charge in [-0.1, -0.05) is 0 Å². The van der Waals surface area contributed by atoms with Crippen molar-refractivity contribution in [2.24, 2.45) is 0 Å². The maximum Gasteiger partial charge on any atom is 0.290 e. The first kappa shape index (κ1) is 14.9. The number of methoxy groups -OCH3 is 1. The number of hydrogen-bond acceptors (Lipinski definition) is 4. The minimum absolute atomic E-state index is 0.0462. The summed E-state index contributed by atoms with van der Waals surface area (Å²) in [4.78, 5) is 14.7. The summed E-state index contributed by atoms with van der Waals surface area (Å²) in [6.45, 7) is 7.01. The van der Waals surface area contributed by atoms with E-state index in [1.54, 1.807) is 7.11 Å². The van der Waals surface area contributed by atoms with Gasteiger partial charge >= 0.3 is 0 Å². The highest BCUT2D eigenvalue weighted by Gasteiger charge is 2.31. The van der Waals surface area contributed by atoms with E-state index in [2.05, 4.69) is 0 Å². The summed E-state index contributed by atoms with van der Waals surface area (Å²) in [5, 5.41) is 0.914. The van der Waals surface area contributed by atoms with Crippen molar-refractivity contribution in [1.29, 1.82) is 0 Å². The molecule has 118 valence electrons. The van der Waals surface area contributed by atoms with Gasteiger partial charge in [0.1, 0.15) is 11.3 Å². The van der Waals surface area contributed by atoms with Crippen LogP contribution in [0.2, 0.25) is 0 Å². The molecule has 1 aromatic carbocycles. The standard InChI is InChI=1S/C17H21NO4/c1-10-9-21-11(2)8-18(10)17(19)16-12(3)14-7-13(20-4)5-6-15(14)22-16/h5-7,10-11H,8-9H2,1-4H3. The summed E-state index contributed by atoms with van der Waals surface area (Å²) in [5.74, 6) is 1.09. The van der Waals surface area contributed by atoms with E-state index < -0.39 is 0 Å². The van der Waals surface area contributed by atoms with Crippen molar-refractivity contribution in [2.45, 2.75) is 32.9 Å². The predicted molar refractivity (Wildman–Crippen MR) is 83.4 cm³/mol. The molecule has 1 aliphatic heterocycles. The highest BCUT2D eigenvalue weighted by atomic mass is 16.5. The molecule has 1 aromatic heterocycles. The molecule has 0 spiro atoms. The predicted octanol–water partition coefficient (Wildman–Crippen LogP) is 3.00. The van der Waals surface area contributed by atoms with Gasteiger partial charge in [0, 0.05) is 17.5 Å². The number of carbonyl (C=O) groups is 1. The van der Waals surface area contributed by atoms with E-state index in [1.807, 2.05) is 43.9 Å². The Morgan fingerprint density at radius 2 is 2.14 bits per heavy atom. The molecular weight excluding hydrogens is 282 g/mol. The summed E-state index contributed by atoms with van der Waals surface area (Å²) in [6.07, 6.45) is 0.0462. The fourth-order valence-corrected chi connectivity index (χ4v) is 2.85. The van der Waals surface area contributed by atoms with E-state index in [0.717, 1.165) is 16.7 Å². The Kier molecular flexibility index (Phi) is 3.83. The molecule has 1 saturated heterocycles. The van der Waals surface area contributed by atoms with Crippen molar-refractivity contribution >= 4 is 16.9 Å². The zero-order chi connectivity index (χ0) is 15.9. The van der Waals surface area contributed by atoms with Crippen LogP contribution in [0.4, 0.5) is 0 Å². The first-order valence-corrected chi connectivity index (χ1v) is 7.51. The molecule has 2 unspecified atom stereocenters. The van der Waals surface area contributed by atoms with Crippen molar-refractivity contribution in [3.8, 4) is 5.75 Å². The molecule has 5 heteroatoms. The Bertz CT molecular complexity index is 706. The largest absolute Gasteiger partial charge is 0.497 e. The molecule has 0 saturated carbocycles. The van der Waals surface area contributed by atoms with Crippen LogP contribution in [0.5, 0.6) is 5.75 Å². The zero-order valence-corrected chi connectivity index (χ0v) is 13.4. The molecule has 2 heterocycles. The zero-order valence-electron chi connectivity index (χ0n) is 13.4. The second kappa shape index (κ2) is 5.65. The number of morpholine rings is 1. The first-order chi connectivity index (χ1) is 10.5. The first-order valence-electron chi connectivity index (χ1n) is 7.51. The fourth-order valence-electron chi connectivity index (χ4n) is 2.85. The van der Waals surface area contributed by atoms with Gasteiger partial charge in [0.15, 0.2) is 5.76 Å². The number of rotatable bonds is 2. The van der Waals surface area contributed by atoms with Crippen LogP contribution >= 0.6 is 0 Å². The number of nitrogens with zero attached hydrogens (tertiary/aromatic N) is 1. The van der Waals surface area contributed by atoms with Gasteiger partial charge < -0.3 is 18.8 Å². The van der Waals surface area contributed by atoms with Gasteiger partial charge in [0.05, 0.1) is 25.9 Å². The number of benzene rings is 1. The van der Waals surface area contributed by atoms with E-state index in [0.29, 0.717) is 24.5 Å². The normalized spacial score (nSPS) is 22.1. The second-order valence-corrected chi connectivity index (χ2v) is 5.87. The van der Waals surface area contributed by atoms with E-state index in [4.69, 9.17) is 13.9 Å². The maximum absolute atomic E-state index is 12.8. The molecule has 22 heavy (non-hydrogen) atoms. The summed E-state index contributed by atoms with van der Waals surface area (Å²) in [6, 6.07) is 5.62. The van der Waals surface area contributed by atoms with Crippen LogP contribution in [0, 0.1) is 6.92 Å². The average Bonchev–Trinajstić information content (AvgIpc) is 2.85. The molecule has 0 bridgehead atoms. The molecule has 3 rings (SSSR count). The van der Waals surface area contributed by atoms with E-state index >= 15 is 0 Å². The van der Waals surface area contributed by atoms with E-state index in [-0.39, 0.29) is 18.1 Å². The number of ether oxygens (including phenoxy) is 2. The van der Waals surface area contributed by atoms with E-state index in [9.17, 15) is 4.79 Å². The Balaban J connectivity index is 1.98. The van der Waals surface area contributed by atoms with Crippen molar-refractivity contribution < 1.29 is 18.7 Å². The van der Waals surface area contributed by atoms with Crippen LogP contribution in [0.3, 0.4) is 0 Å². The van der Waals surface area contributed by atoms with Gasteiger partial charge in [0.25, 0.3) is 5.91 Å². The van der Waals surface area contributed by atoms with Gasteiger partial charge in [-0.05, 0) is 39.0 Å².